The van der Waals surface area contributed by atoms with Gasteiger partial charge in [0.2, 0.25) is 5.88 Å². The monoisotopic (exact) mass is 352 g/mol. The third-order valence-electron chi connectivity index (χ3n) is 5.10. The molecular formula is C18H16N4O4. The molecule has 0 radical (unpaired) electrons. The smallest absolute Gasteiger partial charge is 0.330 e. The van der Waals surface area contributed by atoms with Crippen LogP contribution < -0.4 is 19.7 Å². The number of benzene rings is 1. The van der Waals surface area contributed by atoms with Crippen LogP contribution in [0.4, 0.5) is 10.6 Å². The van der Waals surface area contributed by atoms with Crippen molar-refractivity contribution >= 4 is 17.8 Å². The van der Waals surface area contributed by atoms with E-state index in [1.54, 1.807) is 13.8 Å². The van der Waals surface area contributed by atoms with E-state index < -0.39 is 17.0 Å². The van der Waals surface area contributed by atoms with Crippen LogP contribution in [0.5, 0.6) is 17.4 Å². The van der Waals surface area contributed by atoms with Crippen molar-refractivity contribution in [2.24, 2.45) is 0 Å². The molecule has 0 saturated carbocycles. The van der Waals surface area contributed by atoms with Gasteiger partial charge in [-0.3, -0.25) is 4.79 Å². The molecule has 0 spiro atoms. The summed E-state index contributed by atoms with van der Waals surface area (Å²) < 4.78 is 11.7. The number of hydrogen-bond donors (Lipinski definition) is 1. The minimum atomic E-state index is -0.981. The van der Waals surface area contributed by atoms with Crippen LogP contribution in [-0.4, -0.2) is 34.1 Å². The van der Waals surface area contributed by atoms with Crippen molar-refractivity contribution in [2.75, 3.05) is 11.5 Å². The molecule has 0 aliphatic carbocycles. The fraction of sp³-hybridized carbons (Fsp3) is 0.333. The molecule has 2 aromatic rings. The van der Waals surface area contributed by atoms with E-state index in [2.05, 4.69) is 15.3 Å². The fourth-order valence-corrected chi connectivity index (χ4v) is 3.71. The van der Waals surface area contributed by atoms with E-state index in [-0.39, 0.29) is 11.7 Å². The van der Waals surface area contributed by atoms with Crippen LogP contribution in [0.25, 0.3) is 0 Å². The number of rotatable bonds is 1. The van der Waals surface area contributed by atoms with Crippen molar-refractivity contribution in [3.8, 4) is 17.4 Å². The molecule has 1 fully saturated rings. The van der Waals surface area contributed by atoms with E-state index in [0.29, 0.717) is 23.9 Å². The zero-order chi connectivity index (χ0) is 18.3. The first-order chi connectivity index (χ1) is 12.3. The molecule has 4 heterocycles. The summed E-state index contributed by atoms with van der Waals surface area (Å²) in [6, 6.07) is 5.10. The van der Waals surface area contributed by atoms with Crippen LogP contribution in [-0.2, 0) is 10.2 Å². The van der Waals surface area contributed by atoms with E-state index >= 15 is 0 Å². The van der Waals surface area contributed by atoms with E-state index in [0.717, 1.165) is 16.2 Å². The minimum Gasteiger partial charge on any atom is -0.492 e. The van der Waals surface area contributed by atoms with Gasteiger partial charge in [0.1, 0.15) is 29.3 Å². The van der Waals surface area contributed by atoms with Gasteiger partial charge < -0.3 is 14.8 Å². The van der Waals surface area contributed by atoms with Crippen molar-refractivity contribution in [1.82, 2.24) is 15.3 Å². The average Bonchev–Trinajstić information content (AvgIpc) is 3.04. The zero-order valence-corrected chi connectivity index (χ0v) is 14.5. The van der Waals surface area contributed by atoms with Gasteiger partial charge in [-0.25, -0.2) is 19.7 Å². The molecule has 1 aromatic heterocycles. The molecule has 1 aromatic carbocycles. The summed E-state index contributed by atoms with van der Waals surface area (Å²) in [7, 11) is 0. The summed E-state index contributed by atoms with van der Waals surface area (Å²) in [5, 5.41) is 2.65. The van der Waals surface area contributed by atoms with Crippen LogP contribution >= 0.6 is 0 Å². The van der Waals surface area contributed by atoms with Crippen molar-refractivity contribution in [2.45, 2.75) is 31.7 Å². The van der Waals surface area contributed by atoms with Gasteiger partial charge in [-0.15, -0.1) is 0 Å². The fourth-order valence-electron chi connectivity index (χ4n) is 3.71. The highest BCUT2D eigenvalue weighted by Crippen LogP contribution is 2.53. The highest BCUT2D eigenvalue weighted by molar-refractivity contribution is 6.22. The molecule has 1 saturated heterocycles. The zero-order valence-electron chi connectivity index (χ0n) is 14.5. The summed E-state index contributed by atoms with van der Waals surface area (Å²) in [4.78, 5) is 34.8. The summed E-state index contributed by atoms with van der Waals surface area (Å²) in [5.74, 6) is 1.60. The Morgan fingerprint density at radius 3 is 2.69 bits per heavy atom. The third-order valence-corrected chi connectivity index (χ3v) is 5.10. The van der Waals surface area contributed by atoms with E-state index in [1.165, 1.54) is 6.20 Å². The van der Waals surface area contributed by atoms with E-state index in [9.17, 15) is 9.59 Å². The SMILES string of the molecule is CC1(C)NC(=O)N(c2cnc3c(n2)C2(C)COc4cccc(c42)O3)C1=O. The molecule has 26 heavy (non-hydrogen) atoms. The van der Waals surface area contributed by atoms with Crippen LogP contribution in [0.3, 0.4) is 0 Å². The number of fused-ring (bicyclic) bond motifs is 2. The maximum atomic E-state index is 12.6. The molecule has 3 aliphatic rings. The lowest BCUT2D eigenvalue weighted by molar-refractivity contribution is -0.121. The maximum Gasteiger partial charge on any atom is 0.330 e. The Bertz CT molecular complexity index is 1000. The lowest BCUT2D eigenvalue weighted by Gasteiger charge is -2.30. The Hall–Kier alpha value is -3.16. The molecule has 3 amide bonds. The number of nitrogens with one attached hydrogen (secondary N) is 1. The van der Waals surface area contributed by atoms with Gasteiger partial charge in [-0.05, 0) is 32.9 Å². The van der Waals surface area contributed by atoms with Gasteiger partial charge in [0.05, 0.1) is 17.2 Å². The average molecular weight is 352 g/mol. The van der Waals surface area contributed by atoms with Gasteiger partial charge in [-0.1, -0.05) is 6.07 Å². The third kappa shape index (κ3) is 1.73. The van der Waals surface area contributed by atoms with Crippen molar-refractivity contribution in [3.63, 3.8) is 0 Å². The first kappa shape index (κ1) is 15.1. The maximum absolute atomic E-state index is 12.6. The number of anilines is 1. The Labute approximate surface area is 149 Å². The number of nitrogens with zero attached hydrogens (tertiary/aromatic N) is 3. The van der Waals surface area contributed by atoms with Crippen LogP contribution in [0.2, 0.25) is 0 Å². The standard InChI is InChI=1S/C18H16N4O4/c1-17(2)15(23)22(16(24)21-17)11-7-19-14-13(20-11)18(3)8-25-9-5-4-6-10(26-14)12(9)18/h4-7H,8H2,1-3H3,(H,21,24). The minimum absolute atomic E-state index is 0.175. The highest BCUT2D eigenvalue weighted by Gasteiger charge is 2.50. The molecule has 1 N–H and O–H groups in total. The highest BCUT2D eigenvalue weighted by atomic mass is 16.5. The summed E-state index contributed by atoms with van der Waals surface area (Å²) in [6.45, 7) is 5.69. The summed E-state index contributed by atoms with van der Waals surface area (Å²) >= 11 is 0. The predicted molar refractivity (Wildman–Crippen MR) is 90.6 cm³/mol. The Balaban J connectivity index is 1.66. The predicted octanol–water partition coefficient (Wildman–Crippen LogP) is 2.12. The Morgan fingerprint density at radius 1 is 1.19 bits per heavy atom. The number of urea groups is 1. The van der Waals surface area contributed by atoms with Crippen molar-refractivity contribution in [3.05, 3.63) is 35.7 Å². The number of hydrogen-bond acceptors (Lipinski definition) is 6. The van der Waals surface area contributed by atoms with Gasteiger partial charge in [0, 0.05) is 0 Å². The first-order valence-electron chi connectivity index (χ1n) is 8.30. The van der Waals surface area contributed by atoms with Gasteiger partial charge in [-0.2, -0.15) is 0 Å². The number of aromatic nitrogens is 2. The lowest BCUT2D eigenvalue weighted by atomic mass is 9.79. The molecule has 0 bridgehead atoms. The van der Waals surface area contributed by atoms with Crippen molar-refractivity contribution < 1.29 is 19.1 Å². The van der Waals surface area contributed by atoms with E-state index in [1.807, 2.05) is 25.1 Å². The number of carbonyl (C=O) groups excluding carboxylic acids is 2. The summed E-state index contributed by atoms with van der Waals surface area (Å²) in [6.07, 6.45) is 1.38. The second kappa shape index (κ2) is 4.51. The summed E-state index contributed by atoms with van der Waals surface area (Å²) in [5.41, 5.74) is -0.0722. The molecule has 8 nitrogen and oxygen atoms in total. The molecular weight excluding hydrogens is 336 g/mol. The van der Waals surface area contributed by atoms with Crippen molar-refractivity contribution in [1.29, 1.82) is 0 Å². The van der Waals surface area contributed by atoms with Gasteiger partial charge >= 0.3 is 6.03 Å². The first-order valence-corrected chi connectivity index (χ1v) is 8.30. The van der Waals surface area contributed by atoms with Crippen LogP contribution in [0.1, 0.15) is 32.0 Å². The number of amides is 3. The normalized spacial score (nSPS) is 24.5. The molecule has 1 atom stereocenters. The van der Waals surface area contributed by atoms with Gasteiger partial charge in [0.25, 0.3) is 5.91 Å². The molecule has 3 aliphatic heterocycles. The number of imide groups is 1. The van der Waals surface area contributed by atoms with E-state index in [4.69, 9.17) is 9.47 Å². The Kier molecular flexibility index (Phi) is 2.63. The number of ether oxygens (including phenoxy) is 2. The van der Waals surface area contributed by atoms with Crippen LogP contribution in [0.15, 0.2) is 24.4 Å². The second-order valence-corrected chi connectivity index (χ2v) is 7.43. The largest absolute Gasteiger partial charge is 0.492 e. The molecule has 1 unspecified atom stereocenters. The van der Waals surface area contributed by atoms with Gasteiger partial charge in [0.15, 0.2) is 5.82 Å². The molecule has 132 valence electrons. The topological polar surface area (TPSA) is 93.7 Å². The van der Waals surface area contributed by atoms with Crippen LogP contribution in [0, 0.1) is 0 Å². The quantitative estimate of drug-likeness (QED) is 0.790. The number of carbonyl (C=O) groups is 2. The lowest BCUT2D eigenvalue weighted by Crippen LogP contribution is -2.40. The molecule has 5 rings (SSSR count). The second-order valence-electron chi connectivity index (χ2n) is 7.43. The Morgan fingerprint density at radius 2 is 1.96 bits per heavy atom. The molecule has 8 heteroatoms.